The molecule has 756 valence electrons. The van der Waals surface area contributed by atoms with Crippen LogP contribution in [-0.2, 0) is 59.5 Å². The number of methoxy groups -OCH3 is 2. The topological polar surface area (TPSA) is 179 Å². The van der Waals surface area contributed by atoms with Gasteiger partial charge in [-0.3, -0.25) is 0 Å². The van der Waals surface area contributed by atoms with Crippen molar-refractivity contribution in [3.05, 3.63) is 376 Å². The number of fused-ring (bicyclic) bond motifs is 1. The summed E-state index contributed by atoms with van der Waals surface area (Å²) in [6, 6.07) is 91.3. The molecule has 16 rings (SSSR count). The molecule has 3 unspecified atom stereocenters. The zero-order valence-electron chi connectivity index (χ0n) is 80.7. The Kier molecular flexibility index (Phi) is 41.7. The normalized spacial score (nSPS) is 13.2. The molecule has 0 aromatic heterocycles. The third-order valence-electron chi connectivity index (χ3n) is 24.1. The van der Waals surface area contributed by atoms with E-state index in [-0.39, 0.29) is 52.9 Å². The van der Waals surface area contributed by atoms with Crippen molar-refractivity contribution < 1.29 is 112 Å². The van der Waals surface area contributed by atoms with Crippen LogP contribution in [-0.4, -0.2) is 71.5 Å². The minimum atomic E-state index is -5.75. The molecule has 14 aromatic rings. The number of hydrogen-bond acceptors (Lipinski definition) is 13. The van der Waals surface area contributed by atoms with Gasteiger partial charge < -0.3 is 42.3 Å². The summed E-state index contributed by atoms with van der Waals surface area (Å²) in [6.45, 7) is 15.1. The Morgan fingerprint density at radius 3 is 1.17 bits per heavy atom. The lowest BCUT2D eigenvalue weighted by Crippen LogP contribution is -2.15. The largest absolute Gasteiger partial charge is 0.744 e. The summed E-state index contributed by atoms with van der Waals surface area (Å²) in [4.78, 5) is 5.00. The average molecular weight is 2070 g/mol. The maximum absolute atomic E-state index is 13.9. The average Bonchev–Trinajstić information content (AvgIpc) is 1.22. The van der Waals surface area contributed by atoms with Gasteiger partial charge in [-0.1, -0.05) is 194 Å². The first kappa shape index (κ1) is 111. The van der Waals surface area contributed by atoms with Gasteiger partial charge in [0.1, 0.15) is 82.6 Å². The van der Waals surface area contributed by atoms with Crippen molar-refractivity contribution >= 4 is 63.7 Å². The van der Waals surface area contributed by atoms with Gasteiger partial charge in [-0.25, -0.2) is 52.0 Å². The Labute approximate surface area is 837 Å². The Hall–Kier alpha value is -12.0. The fourth-order valence-corrected chi connectivity index (χ4v) is 23.6. The monoisotopic (exact) mass is 2070 g/mol. The standard InChI is InChI=1S/C21H21O2S.C21H27OS.C19H20F4O5S.C18H15S.C17H16F4O4S.C17H16F4O/c1-16-7-4-10-19(13-16)24(20-11-5-8-17(14-20)22-2)21-12-6-9-18(15-21)23-3;1-2-8-17(9-3-1)16-22-20-12-13-21(23-14-6-7-15-23)19-11-5-4-10-18(19)20;1-3-11(2)12-5-7-13(8-6-12)27-9-4-10-28-18-14(20)16(22)19(29(24,25)26)17(23)15(18)21;1-4-10-16(11-5-1)19(17-12-6-2-7-13-17)18-14-8-3-9-15-18;1-3-9(2)10-4-6-11(7-5-10)25-8-12-13(18)15(20)17(26(22,23)24)16(21)14(12)19;1-4-9(2)11-5-7-12(8-6-11)22-17-15(20)13(18)10(3)14(19)16(17)21/h4-15H,1-3H3;4-5,10-13,17H,1-3,6-9,14-16H2;5-8,11H,3-4,9-10H2,1-2H3,(H,24,25,26);1-15H;4-7,9H,3,8H2,1-2H3,(H,22,23,24);5-9H,4H2,1-3H3/q2*+1;;+1;;/p-2. The van der Waals surface area contributed by atoms with Gasteiger partial charge in [0.2, 0.25) is 29.0 Å². The molecule has 1 saturated heterocycles. The quantitative estimate of drug-likeness (QED) is 0.0132. The van der Waals surface area contributed by atoms with Crippen molar-refractivity contribution in [2.24, 2.45) is 5.92 Å². The summed E-state index contributed by atoms with van der Waals surface area (Å²) in [5, 5.41) is 2.75. The number of ether oxygens (including phenoxy) is 7. The van der Waals surface area contributed by atoms with Gasteiger partial charge in [-0.2, -0.15) is 17.6 Å². The van der Waals surface area contributed by atoms with E-state index in [0.29, 0.717) is 34.4 Å². The van der Waals surface area contributed by atoms with E-state index in [1.165, 1.54) is 126 Å². The minimum absolute atomic E-state index is 0.0146. The molecule has 13 nitrogen and oxygen atoms in total. The summed E-state index contributed by atoms with van der Waals surface area (Å²) in [7, 11) is -7.83. The van der Waals surface area contributed by atoms with Crippen molar-refractivity contribution in [3.8, 4) is 46.0 Å². The zero-order chi connectivity index (χ0) is 103. The fraction of sp³-hybridized carbons (Fsp3) is 0.274. The van der Waals surface area contributed by atoms with E-state index in [4.69, 9.17) is 33.2 Å². The molecule has 30 heteroatoms. The van der Waals surface area contributed by atoms with E-state index < -0.39 is 129 Å². The summed E-state index contributed by atoms with van der Waals surface area (Å²) in [5.41, 5.74) is 2.60. The Balaban J connectivity index is 0.000000164. The molecule has 14 aromatic carbocycles. The second kappa shape index (κ2) is 53.5. The highest BCUT2D eigenvalue weighted by atomic mass is 32.2. The molecule has 0 spiro atoms. The van der Waals surface area contributed by atoms with Crippen LogP contribution in [0.2, 0.25) is 0 Å². The molecule has 1 saturated carbocycles. The molecule has 0 bridgehead atoms. The third-order valence-corrected chi connectivity index (χ3v) is 32.8. The Bertz CT molecular complexity index is 6530. The predicted molar refractivity (Wildman–Crippen MR) is 536 cm³/mol. The van der Waals surface area contributed by atoms with Crippen LogP contribution >= 0.6 is 0 Å². The highest BCUT2D eigenvalue weighted by Gasteiger charge is 2.36. The van der Waals surface area contributed by atoms with Crippen LogP contribution in [0.15, 0.2) is 317 Å². The molecule has 0 amide bonds. The smallest absolute Gasteiger partial charge is 0.205 e. The maximum atomic E-state index is 13.9. The van der Waals surface area contributed by atoms with Gasteiger partial charge in [0, 0.05) is 45.8 Å². The highest BCUT2D eigenvalue weighted by Crippen LogP contribution is 2.42. The molecule has 143 heavy (non-hydrogen) atoms. The van der Waals surface area contributed by atoms with E-state index in [9.17, 15) is 78.6 Å². The molecular weight excluding hydrogens is 1950 g/mol. The fourth-order valence-electron chi connectivity index (χ4n) is 15.5. The highest BCUT2D eigenvalue weighted by molar-refractivity contribution is 7.97. The first-order valence-corrected chi connectivity index (χ1v) is 53.5. The lowest BCUT2D eigenvalue weighted by Gasteiger charge is -2.22. The third kappa shape index (κ3) is 29.9. The van der Waals surface area contributed by atoms with Crippen molar-refractivity contribution in [3.63, 3.8) is 0 Å². The van der Waals surface area contributed by atoms with Gasteiger partial charge in [0.15, 0.2) is 86.6 Å². The first-order valence-electron chi connectivity index (χ1n) is 46.7. The molecule has 2 fully saturated rings. The van der Waals surface area contributed by atoms with Crippen LogP contribution in [0.1, 0.15) is 163 Å². The van der Waals surface area contributed by atoms with Crippen LogP contribution < -0.4 is 33.2 Å². The maximum Gasteiger partial charge on any atom is 0.205 e. The van der Waals surface area contributed by atoms with Gasteiger partial charge >= 0.3 is 0 Å². The van der Waals surface area contributed by atoms with Gasteiger partial charge in [-0.15, -0.1) is 0 Å². The number of aryl methyl sites for hydroxylation is 1. The van der Waals surface area contributed by atoms with Crippen molar-refractivity contribution in [2.45, 2.75) is 194 Å². The predicted octanol–water partition coefficient (Wildman–Crippen LogP) is 30.1. The number of hydrogen-bond donors (Lipinski definition) is 0. The van der Waals surface area contributed by atoms with E-state index in [2.05, 4.69) is 197 Å². The van der Waals surface area contributed by atoms with E-state index in [1.54, 1.807) is 55.5 Å². The van der Waals surface area contributed by atoms with Gasteiger partial charge in [0.05, 0.1) is 61.4 Å². The second-order valence-corrected chi connectivity index (χ2v) is 42.9. The Morgan fingerprint density at radius 2 is 0.741 bits per heavy atom. The van der Waals surface area contributed by atoms with E-state index in [0.717, 1.165) is 72.6 Å². The SMILES string of the molecule is CCC(C)c1ccc(OCCCOc2c(F)c(F)c(S(=O)(=O)[O-])c(F)c2F)cc1.CCC(C)c1ccc(OCc2c(F)c(F)c(S(=O)(=O)[O-])c(F)c2F)cc1.CCC(C)c1ccc(Oc2c(F)c(F)c(C)c(F)c2F)cc1.COc1cccc([S+](c2cccc(C)c2)c2cccc(OC)c2)c1.c1ccc([S+](c2ccccc2)c2ccccc2)cc1.c1ccc2c([S+]3CCCC3)ccc(OCC3CCCCC3)c2c1. The lowest BCUT2D eigenvalue weighted by molar-refractivity contribution is 0.210. The second-order valence-electron chi connectivity index (χ2n) is 33.9. The molecule has 1 aliphatic heterocycles. The summed E-state index contributed by atoms with van der Waals surface area (Å²) in [6.07, 6.45) is 12.6. The summed E-state index contributed by atoms with van der Waals surface area (Å²) < 4.78 is 267. The number of rotatable bonds is 31. The van der Waals surface area contributed by atoms with Crippen molar-refractivity contribution in [2.75, 3.05) is 45.5 Å². The van der Waals surface area contributed by atoms with Gasteiger partial charge in [-0.05, 0) is 232 Å². The molecule has 0 radical (unpaired) electrons. The van der Waals surface area contributed by atoms with E-state index in [1.807, 2.05) is 64.1 Å². The summed E-state index contributed by atoms with van der Waals surface area (Å²) >= 11 is 0. The summed E-state index contributed by atoms with van der Waals surface area (Å²) in [5.74, 6) is -17.6. The minimum Gasteiger partial charge on any atom is -0.744 e. The number of halogens is 12. The van der Waals surface area contributed by atoms with Crippen LogP contribution in [0.5, 0.6) is 46.0 Å². The Morgan fingerprint density at radius 1 is 0.364 bits per heavy atom. The van der Waals surface area contributed by atoms with Crippen molar-refractivity contribution in [1.82, 2.24) is 0 Å². The van der Waals surface area contributed by atoms with Crippen LogP contribution in [0.3, 0.4) is 0 Å². The lowest BCUT2D eigenvalue weighted by atomic mass is 9.90. The molecule has 1 aliphatic carbocycles. The van der Waals surface area contributed by atoms with Crippen molar-refractivity contribution in [1.29, 1.82) is 0 Å². The van der Waals surface area contributed by atoms with Gasteiger partial charge in [0.25, 0.3) is 0 Å². The van der Waals surface area contributed by atoms with Crippen LogP contribution in [0.4, 0.5) is 52.7 Å². The molecule has 1 heterocycles. The van der Waals surface area contributed by atoms with Crippen LogP contribution in [0.25, 0.3) is 10.8 Å². The zero-order valence-corrected chi connectivity index (χ0v) is 84.8. The molecule has 2 aliphatic rings. The molecular formula is C113H113F12O13S5+. The first-order chi connectivity index (χ1) is 68.6. The van der Waals surface area contributed by atoms with E-state index >= 15 is 0 Å². The molecule has 3 atom stereocenters. The van der Waals surface area contributed by atoms with Crippen LogP contribution in [0, 0.1) is 89.6 Å². The number of benzene rings is 14. The molecule has 0 N–H and O–H groups in total.